The van der Waals surface area contributed by atoms with Crippen molar-refractivity contribution in [3.63, 3.8) is 0 Å². The molecule has 0 bridgehead atoms. The molecule has 2 amide bonds. The number of carbonyl (C=O) groups is 1. The number of pyridine rings is 3. The Bertz CT molecular complexity index is 1250. The van der Waals surface area contributed by atoms with E-state index in [2.05, 4.69) is 35.8 Å². The lowest BCUT2D eigenvalue weighted by atomic mass is 10.1. The van der Waals surface area contributed by atoms with E-state index in [-0.39, 0.29) is 6.10 Å². The summed E-state index contributed by atoms with van der Waals surface area (Å²) in [5.41, 5.74) is 3.68. The minimum absolute atomic E-state index is 0.328. The van der Waals surface area contributed by atoms with Gasteiger partial charge in [0.2, 0.25) is 0 Å². The third-order valence-corrected chi connectivity index (χ3v) is 4.85. The number of aryl methyl sites for hydroxylation is 1. The monoisotopic (exact) mass is 438 g/mol. The number of hydrogen-bond donors (Lipinski definition) is 2. The maximum atomic E-state index is 12.7. The van der Waals surface area contributed by atoms with Gasteiger partial charge < -0.3 is 15.4 Å². The molecule has 2 N–H and O–H groups in total. The van der Waals surface area contributed by atoms with Crippen LogP contribution in [0.25, 0.3) is 16.9 Å². The van der Waals surface area contributed by atoms with Crippen LogP contribution >= 0.6 is 11.6 Å². The maximum Gasteiger partial charge on any atom is 0.323 e. The molecule has 10 nitrogen and oxygen atoms in total. The lowest BCUT2D eigenvalue weighted by molar-refractivity contribution is 0.121. The number of rotatable bonds is 5. The lowest BCUT2D eigenvalue weighted by Crippen LogP contribution is -2.21. The first-order chi connectivity index (χ1) is 15.0. The highest BCUT2D eigenvalue weighted by atomic mass is 35.5. The predicted molar refractivity (Wildman–Crippen MR) is 117 cm³/mol. The number of nitrogens with zero attached hydrogens (tertiary/aromatic N) is 6. The zero-order chi connectivity index (χ0) is 22.0. The fraction of sp³-hybridized carbons (Fsp3) is 0.200. The van der Waals surface area contributed by atoms with E-state index < -0.39 is 6.03 Å². The molecule has 0 fully saturated rings. The van der Waals surface area contributed by atoms with Crippen molar-refractivity contribution in [3.05, 3.63) is 59.3 Å². The van der Waals surface area contributed by atoms with Crippen molar-refractivity contribution in [2.24, 2.45) is 0 Å². The summed E-state index contributed by atoms with van der Waals surface area (Å²) in [5, 5.41) is 14.0. The molecule has 4 heterocycles. The molecule has 0 aliphatic heterocycles. The molecule has 4 rings (SSSR count). The van der Waals surface area contributed by atoms with Gasteiger partial charge in [-0.05, 0) is 37.6 Å². The van der Waals surface area contributed by atoms with Gasteiger partial charge in [0.25, 0.3) is 0 Å². The zero-order valence-corrected chi connectivity index (χ0v) is 17.8. The molecule has 0 aliphatic rings. The van der Waals surface area contributed by atoms with Crippen LogP contribution in [0.5, 0.6) is 0 Å². The number of amides is 2. The molecule has 4 aromatic heterocycles. The van der Waals surface area contributed by atoms with Gasteiger partial charge in [0.05, 0.1) is 53.3 Å². The SMILES string of the molecule is CO[C@@H](C)c1c(NC(=O)Nc2cnc(-n3nccn3)c(C)c2)cnc2ccc(Cl)nc12. The van der Waals surface area contributed by atoms with Crippen LogP contribution in [-0.4, -0.2) is 43.1 Å². The number of aromatic nitrogens is 6. The van der Waals surface area contributed by atoms with Crippen molar-refractivity contribution < 1.29 is 9.53 Å². The first-order valence-corrected chi connectivity index (χ1v) is 9.73. The third kappa shape index (κ3) is 4.30. The number of nitrogens with one attached hydrogen (secondary N) is 2. The molecule has 0 saturated heterocycles. The Kier molecular flexibility index (Phi) is 5.74. The van der Waals surface area contributed by atoms with Crippen molar-refractivity contribution >= 4 is 40.0 Å². The van der Waals surface area contributed by atoms with E-state index in [0.717, 1.165) is 5.56 Å². The van der Waals surface area contributed by atoms with Crippen molar-refractivity contribution in [2.75, 3.05) is 17.7 Å². The second-order valence-corrected chi connectivity index (χ2v) is 7.11. The molecule has 0 spiro atoms. The van der Waals surface area contributed by atoms with Crippen LogP contribution in [0, 0.1) is 6.92 Å². The van der Waals surface area contributed by atoms with Crippen LogP contribution in [0.4, 0.5) is 16.2 Å². The Balaban J connectivity index is 1.59. The largest absolute Gasteiger partial charge is 0.377 e. The fourth-order valence-corrected chi connectivity index (χ4v) is 3.29. The van der Waals surface area contributed by atoms with Crippen molar-refractivity contribution in [1.82, 2.24) is 29.9 Å². The van der Waals surface area contributed by atoms with Crippen molar-refractivity contribution in [2.45, 2.75) is 20.0 Å². The molecule has 11 heteroatoms. The number of urea groups is 1. The van der Waals surface area contributed by atoms with Crippen LogP contribution in [0.15, 0.2) is 43.0 Å². The Morgan fingerprint density at radius 2 is 1.94 bits per heavy atom. The van der Waals surface area contributed by atoms with E-state index in [1.54, 1.807) is 43.9 Å². The van der Waals surface area contributed by atoms with Gasteiger partial charge in [-0.15, -0.1) is 4.80 Å². The fourth-order valence-electron chi connectivity index (χ4n) is 3.15. The minimum atomic E-state index is -0.459. The molecule has 31 heavy (non-hydrogen) atoms. The van der Waals surface area contributed by atoms with Gasteiger partial charge in [0.15, 0.2) is 5.82 Å². The zero-order valence-electron chi connectivity index (χ0n) is 17.0. The first-order valence-electron chi connectivity index (χ1n) is 9.35. The van der Waals surface area contributed by atoms with E-state index in [1.165, 1.54) is 11.0 Å². The van der Waals surface area contributed by atoms with Crippen molar-refractivity contribution in [1.29, 1.82) is 0 Å². The number of hydrogen-bond acceptors (Lipinski definition) is 7. The van der Waals surface area contributed by atoms with Gasteiger partial charge in [0.1, 0.15) is 5.15 Å². The summed E-state index contributed by atoms with van der Waals surface area (Å²) in [6.45, 7) is 3.71. The number of carbonyl (C=O) groups excluding carboxylic acids is 1. The second-order valence-electron chi connectivity index (χ2n) is 6.73. The molecule has 0 unspecified atom stereocenters. The first kappa shape index (κ1) is 20.6. The number of methoxy groups -OCH3 is 1. The topological polar surface area (TPSA) is 120 Å². The molecule has 0 saturated carbocycles. The normalized spacial score (nSPS) is 12.0. The minimum Gasteiger partial charge on any atom is -0.377 e. The summed E-state index contributed by atoms with van der Waals surface area (Å²) >= 11 is 6.07. The van der Waals surface area contributed by atoms with Gasteiger partial charge >= 0.3 is 6.03 Å². The van der Waals surface area contributed by atoms with Gasteiger partial charge in [0, 0.05) is 12.7 Å². The van der Waals surface area contributed by atoms with Crippen LogP contribution in [-0.2, 0) is 4.74 Å². The highest BCUT2D eigenvalue weighted by Gasteiger charge is 2.19. The summed E-state index contributed by atoms with van der Waals surface area (Å²) in [5.74, 6) is 0.578. The van der Waals surface area contributed by atoms with E-state index >= 15 is 0 Å². The summed E-state index contributed by atoms with van der Waals surface area (Å²) in [4.78, 5) is 27.2. The molecule has 158 valence electrons. The van der Waals surface area contributed by atoms with Crippen LogP contribution in [0.1, 0.15) is 24.2 Å². The lowest BCUT2D eigenvalue weighted by Gasteiger charge is -2.18. The molecule has 1 atom stereocenters. The van der Waals surface area contributed by atoms with E-state index in [4.69, 9.17) is 16.3 Å². The van der Waals surface area contributed by atoms with Crippen LogP contribution in [0.2, 0.25) is 5.15 Å². The quantitative estimate of drug-likeness (QED) is 0.453. The average Bonchev–Trinajstić information content (AvgIpc) is 3.27. The highest BCUT2D eigenvalue weighted by molar-refractivity contribution is 6.29. The second kappa shape index (κ2) is 8.62. The maximum absolute atomic E-state index is 12.7. The van der Waals surface area contributed by atoms with Gasteiger partial charge in [-0.1, -0.05) is 11.6 Å². The predicted octanol–water partition coefficient (Wildman–Crippen LogP) is 3.92. The molecule has 4 aromatic rings. The number of anilines is 2. The molecular weight excluding hydrogens is 420 g/mol. The van der Waals surface area contributed by atoms with E-state index in [9.17, 15) is 4.79 Å². The molecule has 0 aromatic carbocycles. The Labute approximate surface area is 182 Å². The molecule has 0 aliphatic carbocycles. The smallest absolute Gasteiger partial charge is 0.323 e. The van der Waals surface area contributed by atoms with E-state index in [0.29, 0.717) is 38.9 Å². The average molecular weight is 439 g/mol. The van der Waals surface area contributed by atoms with Gasteiger partial charge in [-0.3, -0.25) is 4.98 Å². The van der Waals surface area contributed by atoms with Gasteiger partial charge in [-0.25, -0.2) is 14.8 Å². The Morgan fingerprint density at radius 1 is 1.16 bits per heavy atom. The third-order valence-electron chi connectivity index (χ3n) is 4.64. The Hall–Kier alpha value is -3.63. The van der Waals surface area contributed by atoms with Crippen LogP contribution in [0.3, 0.4) is 0 Å². The standard InChI is InChI=1S/C20H19ClN8O2/c1-11-8-13(9-23-19(11)29-24-6-7-25-29)26-20(30)27-15-10-22-14-4-5-16(21)28-18(14)17(15)12(2)31-3/h4-10,12H,1-3H3,(H2,26,27,30)/t12-/m0/s1. The summed E-state index contributed by atoms with van der Waals surface area (Å²) in [6, 6.07) is 4.75. The number of fused-ring (bicyclic) bond motifs is 1. The van der Waals surface area contributed by atoms with E-state index in [1.807, 2.05) is 13.8 Å². The van der Waals surface area contributed by atoms with Gasteiger partial charge in [-0.2, -0.15) is 10.2 Å². The van der Waals surface area contributed by atoms with Crippen molar-refractivity contribution in [3.8, 4) is 5.82 Å². The summed E-state index contributed by atoms with van der Waals surface area (Å²) in [6.07, 6.45) is 5.89. The number of ether oxygens (including phenoxy) is 1. The Morgan fingerprint density at radius 3 is 2.65 bits per heavy atom. The summed E-state index contributed by atoms with van der Waals surface area (Å²) in [7, 11) is 1.58. The van der Waals surface area contributed by atoms with Crippen LogP contribution < -0.4 is 10.6 Å². The molecular formula is C20H19ClN8O2. The highest BCUT2D eigenvalue weighted by Crippen LogP contribution is 2.31. The summed E-state index contributed by atoms with van der Waals surface area (Å²) < 4.78 is 5.48. The molecule has 0 radical (unpaired) electrons. The number of halogens is 1.